The quantitative estimate of drug-likeness (QED) is 0.473. The number of amides is 1. The van der Waals surface area contributed by atoms with Crippen LogP contribution in [0.5, 0.6) is 0 Å². The highest BCUT2D eigenvalue weighted by atomic mass is 35.5. The molecule has 1 fully saturated rings. The number of hydrogen-bond acceptors (Lipinski definition) is 3. The van der Waals surface area contributed by atoms with Gasteiger partial charge in [0.1, 0.15) is 5.01 Å². The minimum absolute atomic E-state index is 0.101. The van der Waals surface area contributed by atoms with Gasteiger partial charge in [0.2, 0.25) is 5.91 Å². The maximum Gasteiger partial charge on any atom is 0.224 e. The number of hydrogen-bond donors (Lipinski definition) is 1. The van der Waals surface area contributed by atoms with E-state index in [-0.39, 0.29) is 5.91 Å². The molecule has 0 saturated heterocycles. The number of thiazole rings is 1. The maximum atomic E-state index is 12.3. The Hall–Kier alpha value is -2.17. The van der Waals surface area contributed by atoms with E-state index in [2.05, 4.69) is 5.32 Å². The van der Waals surface area contributed by atoms with Gasteiger partial charge in [-0.15, -0.1) is 11.3 Å². The van der Waals surface area contributed by atoms with Crippen LogP contribution in [-0.2, 0) is 4.79 Å². The van der Waals surface area contributed by atoms with E-state index >= 15 is 0 Å². The van der Waals surface area contributed by atoms with Crippen molar-refractivity contribution in [3.63, 3.8) is 0 Å². The second kappa shape index (κ2) is 8.89. The van der Waals surface area contributed by atoms with E-state index in [1.165, 1.54) is 25.7 Å². The zero-order valence-corrected chi connectivity index (χ0v) is 17.2. The van der Waals surface area contributed by atoms with Crippen molar-refractivity contribution >= 4 is 34.5 Å². The molecular weight excluding hydrogens is 388 g/mol. The Balaban J connectivity index is 1.42. The fourth-order valence-corrected chi connectivity index (χ4v) is 4.71. The third-order valence-electron chi connectivity index (χ3n) is 5.29. The molecule has 5 heteroatoms. The molecule has 28 heavy (non-hydrogen) atoms. The number of rotatable bonds is 6. The molecule has 2 aromatic carbocycles. The van der Waals surface area contributed by atoms with Gasteiger partial charge in [0.25, 0.3) is 0 Å². The summed E-state index contributed by atoms with van der Waals surface area (Å²) in [5.74, 6) is 0.836. The lowest BCUT2D eigenvalue weighted by Crippen LogP contribution is -2.12. The van der Waals surface area contributed by atoms with Crippen LogP contribution in [0.4, 0.5) is 5.69 Å². The summed E-state index contributed by atoms with van der Waals surface area (Å²) in [5.41, 5.74) is 3.80. The summed E-state index contributed by atoms with van der Waals surface area (Å²) in [6, 6.07) is 15.6. The van der Waals surface area contributed by atoms with Crippen molar-refractivity contribution in [3.05, 3.63) is 58.9 Å². The lowest BCUT2D eigenvalue weighted by atomic mass is 10.0. The maximum absolute atomic E-state index is 12.3. The number of aromatic nitrogens is 1. The van der Waals surface area contributed by atoms with E-state index in [1.54, 1.807) is 11.3 Å². The first kappa shape index (κ1) is 19.2. The zero-order valence-electron chi connectivity index (χ0n) is 15.7. The van der Waals surface area contributed by atoms with Gasteiger partial charge in [0.15, 0.2) is 0 Å². The van der Waals surface area contributed by atoms with Crippen molar-refractivity contribution in [2.75, 3.05) is 5.32 Å². The van der Waals surface area contributed by atoms with Crippen LogP contribution in [0.1, 0.15) is 38.5 Å². The summed E-state index contributed by atoms with van der Waals surface area (Å²) < 4.78 is 0. The Bertz CT molecular complexity index is 945. The van der Waals surface area contributed by atoms with Crippen LogP contribution >= 0.6 is 22.9 Å². The fraction of sp³-hybridized carbons (Fsp3) is 0.304. The smallest absolute Gasteiger partial charge is 0.224 e. The molecule has 4 rings (SSSR count). The summed E-state index contributed by atoms with van der Waals surface area (Å²) in [7, 11) is 0. The number of benzene rings is 2. The Morgan fingerprint density at radius 3 is 2.68 bits per heavy atom. The first-order valence-corrected chi connectivity index (χ1v) is 11.0. The van der Waals surface area contributed by atoms with Crippen molar-refractivity contribution in [1.82, 2.24) is 4.98 Å². The van der Waals surface area contributed by atoms with Gasteiger partial charge in [-0.05, 0) is 36.6 Å². The van der Waals surface area contributed by atoms with Crippen molar-refractivity contribution in [3.8, 4) is 21.8 Å². The Kier molecular flexibility index (Phi) is 6.08. The summed E-state index contributed by atoms with van der Waals surface area (Å²) >= 11 is 7.57. The van der Waals surface area contributed by atoms with Crippen LogP contribution in [0.25, 0.3) is 21.8 Å². The second-order valence-electron chi connectivity index (χ2n) is 7.36. The molecule has 1 saturated carbocycles. The van der Waals surface area contributed by atoms with Gasteiger partial charge >= 0.3 is 0 Å². The minimum Gasteiger partial charge on any atom is -0.326 e. The molecular formula is C23H23ClN2OS. The lowest BCUT2D eigenvalue weighted by Gasteiger charge is -2.09. The van der Waals surface area contributed by atoms with Crippen LogP contribution < -0.4 is 5.32 Å². The Labute approximate surface area is 174 Å². The van der Waals surface area contributed by atoms with E-state index in [1.807, 2.05) is 53.9 Å². The number of nitrogens with zero attached hydrogens (tertiary/aromatic N) is 1. The zero-order chi connectivity index (χ0) is 19.3. The van der Waals surface area contributed by atoms with Gasteiger partial charge in [-0.1, -0.05) is 61.5 Å². The first-order chi connectivity index (χ1) is 13.7. The standard InChI is InChI=1S/C23H23ClN2OS/c24-19-11-9-17(10-12-19)23-26-21(15-28-23)18-6-3-7-20(14-18)25-22(27)13-8-16-4-1-2-5-16/h3,6-7,9-12,14-16H,1-2,4-5,8,13H2,(H,25,27). The number of carbonyl (C=O) groups excluding carboxylic acids is 1. The van der Waals surface area contributed by atoms with Crippen LogP contribution in [0.15, 0.2) is 53.9 Å². The monoisotopic (exact) mass is 410 g/mol. The molecule has 0 bridgehead atoms. The Morgan fingerprint density at radius 2 is 1.89 bits per heavy atom. The van der Waals surface area contributed by atoms with Crippen LogP contribution in [0, 0.1) is 5.92 Å². The average molecular weight is 411 g/mol. The predicted molar refractivity (Wildman–Crippen MR) is 118 cm³/mol. The molecule has 3 nitrogen and oxygen atoms in total. The third-order valence-corrected chi connectivity index (χ3v) is 6.44. The minimum atomic E-state index is 0.101. The van der Waals surface area contributed by atoms with E-state index in [0.717, 1.165) is 44.9 Å². The normalized spacial score (nSPS) is 14.3. The number of nitrogens with one attached hydrogen (secondary N) is 1. The highest BCUT2D eigenvalue weighted by Crippen LogP contribution is 2.31. The van der Waals surface area contributed by atoms with Crippen molar-refractivity contribution in [1.29, 1.82) is 0 Å². The topological polar surface area (TPSA) is 42.0 Å². The van der Waals surface area contributed by atoms with Crippen molar-refractivity contribution < 1.29 is 4.79 Å². The van der Waals surface area contributed by atoms with E-state index < -0.39 is 0 Å². The van der Waals surface area contributed by atoms with Crippen LogP contribution in [-0.4, -0.2) is 10.9 Å². The lowest BCUT2D eigenvalue weighted by molar-refractivity contribution is -0.116. The molecule has 144 valence electrons. The summed E-state index contributed by atoms with van der Waals surface area (Å²) in [6.07, 6.45) is 6.80. The van der Waals surface area contributed by atoms with Gasteiger partial charge in [-0.2, -0.15) is 0 Å². The number of carbonyl (C=O) groups is 1. The molecule has 1 N–H and O–H groups in total. The SMILES string of the molecule is O=C(CCC1CCCC1)Nc1cccc(-c2csc(-c3ccc(Cl)cc3)n2)c1. The van der Waals surface area contributed by atoms with Gasteiger partial charge < -0.3 is 5.32 Å². The molecule has 1 aromatic heterocycles. The van der Waals surface area contributed by atoms with E-state index in [0.29, 0.717) is 6.42 Å². The summed E-state index contributed by atoms with van der Waals surface area (Å²) in [5, 5.41) is 6.76. The summed E-state index contributed by atoms with van der Waals surface area (Å²) in [4.78, 5) is 17.1. The molecule has 0 spiro atoms. The molecule has 0 aliphatic heterocycles. The molecule has 0 radical (unpaired) electrons. The second-order valence-corrected chi connectivity index (χ2v) is 8.66. The molecule has 1 heterocycles. The molecule has 0 unspecified atom stereocenters. The Morgan fingerprint density at radius 1 is 1.11 bits per heavy atom. The molecule has 0 atom stereocenters. The fourth-order valence-electron chi connectivity index (χ4n) is 3.75. The molecule has 1 amide bonds. The highest BCUT2D eigenvalue weighted by Gasteiger charge is 2.16. The van der Waals surface area contributed by atoms with Crippen molar-refractivity contribution in [2.24, 2.45) is 5.92 Å². The van der Waals surface area contributed by atoms with Gasteiger partial charge in [-0.25, -0.2) is 4.98 Å². The van der Waals surface area contributed by atoms with Crippen molar-refractivity contribution in [2.45, 2.75) is 38.5 Å². The van der Waals surface area contributed by atoms with Crippen LogP contribution in [0.2, 0.25) is 5.02 Å². The van der Waals surface area contributed by atoms with Gasteiger partial charge in [-0.3, -0.25) is 4.79 Å². The molecule has 3 aromatic rings. The van der Waals surface area contributed by atoms with Crippen LogP contribution in [0.3, 0.4) is 0 Å². The van der Waals surface area contributed by atoms with Gasteiger partial charge in [0.05, 0.1) is 5.69 Å². The largest absolute Gasteiger partial charge is 0.326 e. The number of halogens is 1. The third kappa shape index (κ3) is 4.81. The summed E-state index contributed by atoms with van der Waals surface area (Å²) in [6.45, 7) is 0. The molecule has 1 aliphatic rings. The van der Waals surface area contributed by atoms with E-state index in [4.69, 9.17) is 16.6 Å². The highest BCUT2D eigenvalue weighted by molar-refractivity contribution is 7.13. The average Bonchev–Trinajstić information content (AvgIpc) is 3.39. The number of anilines is 1. The van der Waals surface area contributed by atoms with Gasteiger partial charge in [0, 0.05) is 33.6 Å². The van der Waals surface area contributed by atoms with E-state index in [9.17, 15) is 4.79 Å². The first-order valence-electron chi connectivity index (χ1n) is 9.79. The predicted octanol–water partition coefficient (Wildman–Crippen LogP) is 7.04. The molecule has 1 aliphatic carbocycles.